The van der Waals surface area contributed by atoms with E-state index in [9.17, 15) is 4.79 Å². The van der Waals surface area contributed by atoms with Gasteiger partial charge in [-0.15, -0.1) is 0 Å². The van der Waals surface area contributed by atoms with Crippen LogP contribution in [0.3, 0.4) is 0 Å². The molecule has 0 radical (unpaired) electrons. The smallest absolute Gasteiger partial charge is 0.226 e. The monoisotopic (exact) mass is 340 g/mol. The molecular weight excluding hydrogens is 312 g/mol. The minimum Gasteiger partial charge on any atom is -0.342 e. The molecule has 0 bridgehead atoms. The van der Waals surface area contributed by atoms with Crippen molar-refractivity contribution < 1.29 is 4.79 Å². The first-order valence-corrected chi connectivity index (χ1v) is 9.97. The molecule has 0 N–H and O–H groups in total. The number of aromatic nitrogens is 2. The van der Waals surface area contributed by atoms with Crippen LogP contribution in [0, 0.1) is 11.3 Å². The van der Waals surface area contributed by atoms with Crippen molar-refractivity contribution in [2.45, 2.75) is 57.4 Å². The van der Waals surface area contributed by atoms with Crippen molar-refractivity contribution in [1.82, 2.24) is 19.8 Å². The third-order valence-electron chi connectivity index (χ3n) is 7.15. The number of rotatable bonds is 2. The number of fused-ring (bicyclic) bond motifs is 1. The number of hydrogen-bond acceptors (Lipinski definition) is 4. The third-order valence-corrected chi connectivity index (χ3v) is 7.15. The quantitative estimate of drug-likeness (QED) is 0.829. The number of amides is 1. The summed E-state index contributed by atoms with van der Waals surface area (Å²) in [5.41, 5.74) is 2.97. The van der Waals surface area contributed by atoms with E-state index in [1.54, 1.807) is 0 Å². The Kier molecular flexibility index (Phi) is 3.63. The predicted molar refractivity (Wildman–Crippen MR) is 95.0 cm³/mol. The summed E-state index contributed by atoms with van der Waals surface area (Å²) in [4.78, 5) is 26.7. The molecule has 1 aromatic heterocycles. The van der Waals surface area contributed by atoms with Crippen molar-refractivity contribution in [1.29, 1.82) is 0 Å². The lowest BCUT2D eigenvalue weighted by Crippen LogP contribution is -2.40. The first-order chi connectivity index (χ1) is 12.1. The zero-order chi connectivity index (χ0) is 17.0. The third kappa shape index (κ3) is 2.67. The zero-order valence-electron chi connectivity index (χ0n) is 15.2. The van der Waals surface area contributed by atoms with Crippen molar-refractivity contribution >= 4 is 5.91 Å². The molecule has 1 aromatic rings. The number of carbonyl (C=O) groups is 1. The molecule has 5 heteroatoms. The second-order valence-corrected chi connectivity index (χ2v) is 8.76. The molecule has 2 aliphatic heterocycles. The molecule has 25 heavy (non-hydrogen) atoms. The van der Waals surface area contributed by atoms with Gasteiger partial charge in [0.25, 0.3) is 0 Å². The summed E-state index contributed by atoms with van der Waals surface area (Å²) < 4.78 is 0. The van der Waals surface area contributed by atoms with E-state index in [4.69, 9.17) is 4.98 Å². The highest BCUT2D eigenvalue weighted by molar-refractivity contribution is 5.83. The van der Waals surface area contributed by atoms with E-state index in [1.165, 1.54) is 30.5 Å². The average molecular weight is 340 g/mol. The van der Waals surface area contributed by atoms with Crippen molar-refractivity contribution in [2.75, 3.05) is 26.7 Å². The molecule has 134 valence electrons. The van der Waals surface area contributed by atoms with Gasteiger partial charge < -0.3 is 9.80 Å². The standard InChI is InChI=1S/C20H28N4O/c1-23-8-5-17-15(13-23)12-21-18(22-17)14-3-9-24(10-4-14)19(25)16-11-20(16)6-2-7-20/h12,14,16H,2-11,13H2,1H3. The van der Waals surface area contributed by atoms with Crippen LogP contribution >= 0.6 is 0 Å². The summed E-state index contributed by atoms with van der Waals surface area (Å²) in [6, 6.07) is 0. The van der Waals surface area contributed by atoms with Crippen LogP contribution in [0.1, 0.15) is 61.5 Å². The first kappa shape index (κ1) is 15.7. The SMILES string of the molecule is CN1CCc2nc(C3CCN(C(=O)C4CC45CCC5)CC3)ncc2C1. The summed E-state index contributed by atoms with van der Waals surface area (Å²) >= 11 is 0. The predicted octanol–water partition coefficient (Wildman–Crippen LogP) is 2.36. The Morgan fingerprint density at radius 2 is 2.04 bits per heavy atom. The number of nitrogens with zero attached hydrogens (tertiary/aromatic N) is 4. The van der Waals surface area contributed by atoms with Crippen molar-refractivity contribution in [3.63, 3.8) is 0 Å². The van der Waals surface area contributed by atoms with Gasteiger partial charge in [-0.05, 0) is 44.6 Å². The minimum absolute atomic E-state index is 0.356. The second-order valence-electron chi connectivity index (χ2n) is 8.76. The van der Waals surface area contributed by atoms with Crippen LogP contribution in [0.2, 0.25) is 0 Å². The fourth-order valence-corrected chi connectivity index (χ4v) is 5.13. The maximum Gasteiger partial charge on any atom is 0.226 e. The molecule has 2 saturated carbocycles. The lowest BCUT2D eigenvalue weighted by atomic mass is 9.79. The van der Waals surface area contributed by atoms with E-state index in [2.05, 4.69) is 21.8 Å². The molecule has 1 amide bonds. The van der Waals surface area contributed by atoms with E-state index < -0.39 is 0 Å². The van der Waals surface area contributed by atoms with Gasteiger partial charge >= 0.3 is 0 Å². The summed E-state index contributed by atoms with van der Waals surface area (Å²) in [7, 11) is 2.15. The van der Waals surface area contributed by atoms with E-state index >= 15 is 0 Å². The number of hydrogen-bond donors (Lipinski definition) is 0. The van der Waals surface area contributed by atoms with Gasteiger partial charge in [-0.3, -0.25) is 4.79 Å². The fraction of sp³-hybridized carbons (Fsp3) is 0.750. The van der Waals surface area contributed by atoms with Gasteiger partial charge in [0.15, 0.2) is 0 Å². The Hall–Kier alpha value is -1.49. The Bertz CT molecular complexity index is 691. The Morgan fingerprint density at radius 1 is 1.24 bits per heavy atom. The maximum atomic E-state index is 12.7. The Morgan fingerprint density at radius 3 is 2.72 bits per heavy atom. The lowest BCUT2D eigenvalue weighted by Gasteiger charge is -2.34. The number of likely N-dealkylation sites (N-methyl/N-ethyl adjacent to an activating group) is 1. The second kappa shape index (κ2) is 5.76. The summed E-state index contributed by atoms with van der Waals surface area (Å²) in [5.74, 6) is 2.23. The van der Waals surface area contributed by atoms with Crippen molar-refractivity contribution in [3.05, 3.63) is 23.3 Å². The van der Waals surface area contributed by atoms with Gasteiger partial charge in [-0.1, -0.05) is 6.42 Å². The largest absolute Gasteiger partial charge is 0.342 e. The van der Waals surface area contributed by atoms with Crippen molar-refractivity contribution in [2.24, 2.45) is 11.3 Å². The molecular formula is C20H28N4O. The van der Waals surface area contributed by atoms with Crippen LogP contribution < -0.4 is 0 Å². The van der Waals surface area contributed by atoms with E-state index in [0.717, 1.165) is 57.7 Å². The highest BCUT2D eigenvalue weighted by Gasteiger charge is 2.61. The highest BCUT2D eigenvalue weighted by Crippen LogP contribution is 2.66. The first-order valence-electron chi connectivity index (χ1n) is 9.97. The minimum atomic E-state index is 0.356. The molecule has 1 saturated heterocycles. The van der Waals surface area contributed by atoms with Crippen LogP contribution in [-0.2, 0) is 17.8 Å². The van der Waals surface area contributed by atoms with Crippen LogP contribution in [0.5, 0.6) is 0 Å². The molecule has 3 fully saturated rings. The zero-order valence-corrected chi connectivity index (χ0v) is 15.2. The van der Waals surface area contributed by atoms with Gasteiger partial charge in [-0.25, -0.2) is 9.97 Å². The molecule has 1 spiro atoms. The fourth-order valence-electron chi connectivity index (χ4n) is 5.13. The topological polar surface area (TPSA) is 49.3 Å². The van der Waals surface area contributed by atoms with E-state index in [0.29, 0.717) is 23.2 Å². The molecule has 5 nitrogen and oxygen atoms in total. The van der Waals surface area contributed by atoms with Crippen LogP contribution in [0.4, 0.5) is 0 Å². The summed E-state index contributed by atoms with van der Waals surface area (Å²) in [6.45, 7) is 3.82. The summed E-state index contributed by atoms with van der Waals surface area (Å²) in [6.07, 6.45) is 10.2. The highest BCUT2D eigenvalue weighted by atomic mass is 16.2. The van der Waals surface area contributed by atoms with Crippen molar-refractivity contribution in [3.8, 4) is 0 Å². The van der Waals surface area contributed by atoms with Gasteiger partial charge in [0, 0.05) is 61.9 Å². The van der Waals surface area contributed by atoms with Crippen LogP contribution in [0.25, 0.3) is 0 Å². The van der Waals surface area contributed by atoms with Gasteiger partial charge in [0.1, 0.15) is 5.82 Å². The molecule has 0 aromatic carbocycles. The van der Waals surface area contributed by atoms with Gasteiger partial charge in [0.05, 0.1) is 0 Å². The lowest BCUT2D eigenvalue weighted by molar-refractivity contribution is -0.135. The molecule has 5 rings (SSSR count). The number of piperidine rings is 1. The van der Waals surface area contributed by atoms with Gasteiger partial charge in [-0.2, -0.15) is 0 Å². The molecule has 3 heterocycles. The number of carbonyl (C=O) groups excluding carboxylic acids is 1. The number of likely N-dealkylation sites (tertiary alicyclic amines) is 1. The summed E-state index contributed by atoms with van der Waals surface area (Å²) in [5, 5.41) is 0. The van der Waals surface area contributed by atoms with Crippen LogP contribution in [0.15, 0.2) is 6.20 Å². The van der Waals surface area contributed by atoms with E-state index in [1.807, 2.05) is 6.20 Å². The molecule has 4 aliphatic rings. The maximum absolute atomic E-state index is 12.7. The van der Waals surface area contributed by atoms with Gasteiger partial charge in [0.2, 0.25) is 5.91 Å². The Labute approximate surface area is 149 Å². The molecule has 2 aliphatic carbocycles. The van der Waals surface area contributed by atoms with E-state index in [-0.39, 0.29) is 0 Å². The average Bonchev–Trinajstić information content (AvgIpc) is 3.37. The molecule has 1 atom stereocenters. The normalized spacial score (nSPS) is 28.5. The van der Waals surface area contributed by atoms with Crippen LogP contribution in [-0.4, -0.2) is 52.4 Å². The Balaban J connectivity index is 1.21. The molecule has 1 unspecified atom stereocenters.